The Morgan fingerprint density at radius 2 is 2.18 bits per heavy atom. The van der Waals surface area contributed by atoms with Gasteiger partial charge in [0.15, 0.2) is 11.5 Å². The predicted octanol–water partition coefficient (Wildman–Crippen LogP) is 2.70. The molecule has 1 aliphatic rings. The molecule has 6 nitrogen and oxygen atoms in total. The van der Waals surface area contributed by atoms with Crippen LogP contribution in [0.5, 0.6) is 0 Å². The van der Waals surface area contributed by atoms with Gasteiger partial charge in [-0.2, -0.15) is 0 Å². The lowest BCUT2D eigenvalue weighted by molar-refractivity contribution is 0.0674. The van der Waals surface area contributed by atoms with E-state index in [1.54, 1.807) is 29.5 Å². The van der Waals surface area contributed by atoms with E-state index in [0.717, 1.165) is 23.0 Å². The van der Waals surface area contributed by atoms with Gasteiger partial charge in [-0.25, -0.2) is 4.98 Å². The molecule has 0 fully saturated rings. The molecule has 0 aliphatic carbocycles. The van der Waals surface area contributed by atoms with Crippen LogP contribution in [-0.4, -0.2) is 26.9 Å². The van der Waals surface area contributed by atoms with E-state index in [4.69, 9.17) is 8.83 Å². The van der Waals surface area contributed by atoms with Crippen molar-refractivity contribution in [3.8, 4) is 11.5 Å². The minimum absolute atomic E-state index is 0.0955. The first-order chi connectivity index (χ1) is 10.7. The second-order valence-corrected chi connectivity index (χ2v) is 5.33. The molecule has 22 heavy (non-hydrogen) atoms. The highest BCUT2D eigenvalue weighted by molar-refractivity contribution is 5.91. The summed E-state index contributed by atoms with van der Waals surface area (Å²) in [7, 11) is 0. The van der Waals surface area contributed by atoms with Crippen molar-refractivity contribution < 1.29 is 13.6 Å². The normalized spacial score (nSPS) is 14.1. The van der Waals surface area contributed by atoms with Gasteiger partial charge in [0.05, 0.1) is 19.0 Å². The second kappa shape index (κ2) is 4.91. The van der Waals surface area contributed by atoms with Crippen LogP contribution in [0.25, 0.3) is 11.5 Å². The van der Waals surface area contributed by atoms with Crippen molar-refractivity contribution in [2.24, 2.45) is 0 Å². The zero-order valence-corrected chi connectivity index (χ0v) is 12.2. The van der Waals surface area contributed by atoms with E-state index >= 15 is 0 Å². The summed E-state index contributed by atoms with van der Waals surface area (Å²) in [6, 6.07) is 7.28. The number of aromatic nitrogens is 2. The molecule has 3 aromatic heterocycles. The van der Waals surface area contributed by atoms with Crippen molar-refractivity contribution in [1.82, 2.24) is 14.5 Å². The SMILES string of the molecule is Cc1ccc(C(=O)N2CCn3c(-c4ccco4)cnc3C2)o1. The van der Waals surface area contributed by atoms with Gasteiger partial charge in [0.2, 0.25) is 0 Å². The van der Waals surface area contributed by atoms with Crippen molar-refractivity contribution in [1.29, 1.82) is 0 Å². The predicted molar refractivity (Wildman–Crippen MR) is 78.1 cm³/mol. The Balaban J connectivity index is 1.59. The highest BCUT2D eigenvalue weighted by Crippen LogP contribution is 2.25. The number of carbonyl (C=O) groups is 1. The number of fused-ring (bicyclic) bond motifs is 1. The van der Waals surface area contributed by atoms with Crippen LogP contribution in [-0.2, 0) is 13.1 Å². The summed E-state index contributed by atoms with van der Waals surface area (Å²) < 4.78 is 12.9. The number of furan rings is 2. The van der Waals surface area contributed by atoms with Crippen LogP contribution in [0.2, 0.25) is 0 Å². The molecule has 0 spiro atoms. The van der Waals surface area contributed by atoms with Crippen molar-refractivity contribution in [2.75, 3.05) is 6.54 Å². The standard InChI is InChI=1S/C16H15N3O3/c1-11-4-5-14(22-11)16(20)18-6-7-19-12(9-17-15(19)10-18)13-3-2-8-21-13/h2-5,8-9H,6-7,10H2,1H3. The molecule has 0 aromatic carbocycles. The van der Waals surface area contributed by atoms with Crippen molar-refractivity contribution >= 4 is 5.91 Å². The van der Waals surface area contributed by atoms with Crippen LogP contribution < -0.4 is 0 Å². The second-order valence-electron chi connectivity index (χ2n) is 5.33. The molecule has 4 rings (SSSR count). The number of imidazole rings is 1. The van der Waals surface area contributed by atoms with E-state index in [1.165, 1.54) is 0 Å². The minimum Gasteiger partial charge on any atom is -0.463 e. The molecule has 112 valence electrons. The monoisotopic (exact) mass is 297 g/mol. The maximum atomic E-state index is 12.4. The van der Waals surface area contributed by atoms with Crippen molar-refractivity contribution in [3.63, 3.8) is 0 Å². The molecule has 4 heterocycles. The highest BCUT2D eigenvalue weighted by Gasteiger charge is 2.26. The van der Waals surface area contributed by atoms with Crippen LogP contribution in [0.15, 0.2) is 45.6 Å². The molecule has 0 radical (unpaired) electrons. The molecule has 0 unspecified atom stereocenters. The minimum atomic E-state index is -0.0955. The summed E-state index contributed by atoms with van der Waals surface area (Å²) in [5, 5.41) is 0. The van der Waals surface area contributed by atoms with Gasteiger partial charge in [-0.15, -0.1) is 0 Å². The van der Waals surface area contributed by atoms with Gasteiger partial charge in [0.1, 0.15) is 17.3 Å². The Labute approximate surface area is 127 Å². The number of amides is 1. The van der Waals surface area contributed by atoms with Gasteiger partial charge in [0.25, 0.3) is 5.91 Å². The molecule has 0 saturated heterocycles. The molecule has 0 bridgehead atoms. The highest BCUT2D eigenvalue weighted by atomic mass is 16.4. The largest absolute Gasteiger partial charge is 0.463 e. The molecule has 0 N–H and O–H groups in total. The number of hydrogen-bond acceptors (Lipinski definition) is 4. The van der Waals surface area contributed by atoms with E-state index in [0.29, 0.717) is 25.4 Å². The van der Waals surface area contributed by atoms with E-state index in [9.17, 15) is 4.79 Å². The number of aryl methyl sites for hydroxylation is 1. The average molecular weight is 297 g/mol. The Kier molecular flexibility index (Phi) is 2.89. The van der Waals surface area contributed by atoms with Crippen LogP contribution in [0, 0.1) is 6.92 Å². The van der Waals surface area contributed by atoms with Gasteiger partial charge >= 0.3 is 0 Å². The van der Waals surface area contributed by atoms with Gasteiger partial charge in [-0.1, -0.05) is 0 Å². The zero-order valence-electron chi connectivity index (χ0n) is 12.2. The molecule has 6 heteroatoms. The first-order valence-corrected chi connectivity index (χ1v) is 7.16. The fourth-order valence-corrected chi connectivity index (χ4v) is 2.76. The Bertz CT molecular complexity index is 814. The average Bonchev–Trinajstić information content (AvgIpc) is 3.25. The molecular formula is C16H15N3O3. The molecule has 0 atom stereocenters. The smallest absolute Gasteiger partial charge is 0.290 e. The van der Waals surface area contributed by atoms with Crippen LogP contribution in [0.3, 0.4) is 0 Å². The van der Waals surface area contributed by atoms with Gasteiger partial charge in [0, 0.05) is 13.1 Å². The molecular weight excluding hydrogens is 282 g/mol. The molecule has 1 amide bonds. The fourth-order valence-electron chi connectivity index (χ4n) is 2.76. The number of nitrogens with zero attached hydrogens (tertiary/aromatic N) is 3. The van der Waals surface area contributed by atoms with Crippen LogP contribution >= 0.6 is 0 Å². The van der Waals surface area contributed by atoms with Crippen LogP contribution in [0.1, 0.15) is 22.1 Å². The maximum Gasteiger partial charge on any atom is 0.290 e. The van der Waals surface area contributed by atoms with E-state index < -0.39 is 0 Å². The van der Waals surface area contributed by atoms with Crippen molar-refractivity contribution in [3.05, 3.63) is 54.1 Å². The molecule has 3 aromatic rings. The molecule has 1 aliphatic heterocycles. The lowest BCUT2D eigenvalue weighted by Crippen LogP contribution is -2.38. The van der Waals surface area contributed by atoms with E-state index in [2.05, 4.69) is 9.55 Å². The summed E-state index contributed by atoms with van der Waals surface area (Å²) in [4.78, 5) is 18.6. The zero-order chi connectivity index (χ0) is 15.1. The maximum absolute atomic E-state index is 12.4. The lowest BCUT2D eigenvalue weighted by Gasteiger charge is -2.27. The van der Waals surface area contributed by atoms with E-state index in [-0.39, 0.29) is 5.91 Å². The first kappa shape index (κ1) is 12.9. The Hall–Kier alpha value is -2.76. The third kappa shape index (κ3) is 2.04. The summed E-state index contributed by atoms with van der Waals surface area (Å²) in [6.07, 6.45) is 3.44. The van der Waals surface area contributed by atoms with Gasteiger partial charge in [-0.05, 0) is 31.2 Å². The first-order valence-electron chi connectivity index (χ1n) is 7.16. The number of carbonyl (C=O) groups excluding carboxylic acids is 1. The summed E-state index contributed by atoms with van der Waals surface area (Å²) in [6.45, 7) is 3.61. The number of rotatable bonds is 2. The van der Waals surface area contributed by atoms with Gasteiger partial charge < -0.3 is 18.3 Å². The lowest BCUT2D eigenvalue weighted by atomic mass is 10.3. The fraction of sp³-hybridized carbons (Fsp3) is 0.250. The van der Waals surface area contributed by atoms with E-state index in [1.807, 2.05) is 19.1 Å². The summed E-state index contributed by atoms with van der Waals surface area (Å²) >= 11 is 0. The molecule has 0 saturated carbocycles. The third-order valence-corrected chi connectivity index (χ3v) is 3.88. The quantitative estimate of drug-likeness (QED) is 0.729. The van der Waals surface area contributed by atoms with Crippen LogP contribution in [0.4, 0.5) is 0 Å². The third-order valence-electron chi connectivity index (χ3n) is 3.88. The van der Waals surface area contributed by atoms with Gasteiger partial charge in [-0.3, -0.25) is 4.79 Å². The summed E-state index contributed by atoms with van der Waals surface area (Å²) in [5.74, 6) is 2.67. The topological polar surface area (TPSA) is 64.4 Å². The number of hydrogen-bond donors (Lipinski definition) is 0. The van der Waals surface area contributed by atoms with Crippen molar-refractivity contribution in [2.45, 2.75) is 20.0 Å². The Morgan fingerprint density at radius 1 is 1.27 bits per heavy atom. The Morgan fingerprint density at radius 3 is 2.91 bits per heavy atom. The summed E-state index contributed by atoms with van der Waals surface area (Å²) in [5.41, 5.74) is 0.945.